The number of nitrogens with one attached hydrogen (secondary N) is 2. The quantitative estimate of drug-likeness (QED) is 0.0459. The summed E-state index contributed by atoms with van der Waals surface area (Å²) in [5, 5.41) is 6.81. The first-order valence-corrected chi connectivity index (χ1v) is 20.9. The predicted octanol–water partition coefficient (Wildman–Crippen LogP) is 13.6. The summed E-state index contributed by atoms with van der Waals surface area (Å²) < 4.78 is 0. The Kier molecular flexibility index (Phi) is 28.2. The zero-order valence-electron chi connectivity index (χ0n) is 35.3. The van der Waals surface area contributed by atoms with Crippen molar-refractivity contribution in [1.82, 2.24) is 10.6 Å². The van der Waals surface area contributed by atoms with Crippen LogP contribution in [0.2, 0.25) is 0 Å². The standard InChI is InChI=1S/C43H65N3OS.C3H6.C2H6/c1-9-33(3)40(32-44-10-2)39-29-25-37(26-30-39)21-17-15-19-31-45-34(4)42(43(6,7)8)46-41(47)22-18-14-12-11-13-16-20-36-23-27-38(28-24-36)35(5)48;1-3-2;1-2/h10,23-30,32-33,42,45,48H,4-5,9,11-22,31H2,1-3,6-8H3,(H,46,47);3H,1H2,2H3;1-2H3/b40-32+,44-10?;;. The third-order valence-electron chi connectivity index (χ3n) is 9.21. The second-order valence-corrected chi connectivity index (χ2v) is 15.3. The van der Waals surface area contributed by atoms with Crippen LogP contribution in [-0.4, -0.2) is 24.7 Å². The Morgan fingerprint density at radius 1 is 0.811 bits per heavy atom. The fraction of sp³-hybridized carbons (Fsp3) is 0.542. The summed E-state index contributed by atoms with van der Waals surface area (Å²) >= 11 is 4.31. The van der Waals surface area contributed by atoms with Crippen molar-refractivity contribution >= 4 is 35.2 Å². The molecule has 2 aromatic carbocycles. The molecule has 0 spiro atoms. The van der Waals surface area contributed by atoms with Crippen LogP contribution >= 0.6 is 12.6 Å². The molecule has 1 amide bonds. The fourth-order valence-electron chi connectivity index (χ4n) is 5.95. The summed E-state index contributed by atoms with van der Waals surface area (Å²) in [7, 11) is 0. The van der Waals surface area contributed by atoms with Gasteiger partial charge in [0, 0.05) is 36.0 Å². The number of aryl methyl sites for hydroxylation is 2. The highest BCUT2D eigenvalue weighted by molar-refractivity contribution is 7.90. The first-order chi connectivity index (χ1) is 25.4. The van der Waals surface area contributed by atoms with Crippen molar-refractivity contribution in [3.63, 3.8) is 0 Å². The maximum atomic E-state index is 12.9. The largest absolute Gasteiger partial charge is 0.387 e. The third kappa shape index (κ3) is 22.5. The first kappa shape index (κ1) is 49.7. The summed E-state index contributed by atoms with van der Waals surface area (Å²) in [5.41, 5.74) is 7.21. The average Bonchev–Trinajstić information content (AvgIpc) is 3.14. The van der Waals surface area contributed by atoms with E-state index in [1.54, 1.807) is 6.08 Å². The van der Waals surface area contributed by atoms with Gasteiger partial charge in [-0.15, -0.1) is 19.2 Å². The minimum absolute atomic E-state index is 0.0965. The number of aliphatic imine (C=N–C) groups is 1. The van der Waals surface area contributed by atoms with E-state index in [1.807, 2.05) is 40.1 Å². The van der Waals surface area contributed by atoms with Gasteiger partial charge in [-0.2, -0.15) is 0 Å². The molecule has 2 rings (SSSR count). The van der Waals surface area contributed by atoms with Crippen molar-refractivity contribution in [3.05, 3.63) is 108 Å². The van der Waals surface area contributed by atoms with E-state index in [4.69, 9.17) is 0 Å². The van der Waals surface area contributed by atoms with Crippen LogP contribution in [0.5, 0.6) is 0 Å². The lowest BCUT2D eigenvalue weighted by atomic mass is 9.84. The SMILES string of the molecule is C=C(S)c1ccc(CCCCCCCCC(=O)NC(C(=C)NCCCCCc2ccc(/C(=C/N=CC)C(C)CC)cc2)C(C)(C)C)cc1.C=CC.CC. The molecule has 2 unspecified atom stereocenters. The van der Waals surface area contributed by atoms with Crippen LogP contribution in [0.4, 0.5) is 0 Å². The Labute approximate surface area is 332 Å². The number of nitrogens with zero attached hydrogens (tertiary/aromatic N) is 1. The zero-order valence-corrected chi connectivity index (χ0v) is 36.2. The molecule has 2 aromatic rings. The lowest BCUT2D eigenvalue weighted by Gasteiger charge is -2.33. The molecule has 4 nitrogen and oxygen atoms in total. The lowest BCUT2D eigenvalue weighted by molar-refractivity contribution is -0.122. The van der Waals surface area contributed by atoms with Crippen molar-refractivity contribution in [2.45, 2.75) is 152 Å². The molecule has 0 radical (unpaired) electrons. The minimum atomic E-state index is -0.111. The molecule has 0 saturated carbocycles. The summed E-state index contributed by atoms with van der Waals surface area (Å²) in [5.74, 6) is 0.612. The van der Waals surface area contributed by atoms with Gasteiger partial charge in [-0.3, -0.25) is 9.79 Å². The Morgan fingerprint density at radius 2 is 1.28 bits per heavy atom. The van der Waals surface area contributed by atoms with E-state index >= 15 is 0 Å². The molecule has 0 aliphatic heterocycles. The number of hydrogen-bond donors (Lipinski definition) is 3. The molecule has 53 heavy (non-hydrogen) atoms. The van der Waals surface area contributed by atoms with E-state index in [9.17, 15) is 4.79 Å². The molecule has 0 bridgehead atoms. The third-order valence-corrected chi connectivity index (χ3v) is 9.47. The molecule has 296 valence electrons. The van der Waals surface area contributed by atoms with Crippen LogP contribution in [0.25, 0.3) is 10.5 Å². The van der Waals surface area contributed by atoms with E-state index in [0.29, 0.717) is 12.3 Å². The van der Waals surface area contributed by atoms with Gasteiger partial charge in [0.15, 0.2) is 0 Å². The van der Waals surface area contributed by atoms with Gasteiger partial charge in [-0.25, -0.2) is 0 Å². The van der Waals surface area contributed by atoms with Gasteiger partial charge < -0.3 is 10.6 Å². The van der Waals surface area contributed by atoms with Crippen molar-refractivity contribution < 1.29 is 4.79 Å². The number of hydrogen-bond acceptors (Lipinski definition) is 4. The monoisotopic (exact) mass is 744 g/mol. The smallest absolute Gasteiger partial charge is 0.220 e. The van der Waals surface area contributed by atoms with Gasteiger partial charge in [-0.05, 0) is 98.0 Å². The number of carbonyl (C=O) groups excluding carboxylic acids is 1. The molecule has 2 N–H and O–H groups in total. The van der Waals surface area contributed by atoms with Crippen molar-refractivity contribution in [2.24, 2.45) is 16.3 Å². The highest BCUT2D eigenvalue weighted by Gasteiger charge is 2.28. The van der Waals surface area contributed by atoms with E-state index in [0.717, 1.165) is 74.1 Å². The number of carbonyl (C=O) groups is 1. The van der Waals surface area contributed by atoms with E-state index < -0.39 is 0 Å². The fourth-order valence-corrected chi connectivity index (χ4v) is 6.10. The summed E-state index contributed by atoms with van der Waals surface area (Å²) in [6.45, 7) is 31.3. The topological polar surface area (TPSA) is 53.5 Å². The number of amides is 1. The number of thiol groups is 1. The van der Waals surface area contributed by atoms with Crippen LogP contribution in [0.15, 0.2) is 91.2 Å². The predicted molar refractivity (Wildman–Crippen MR) is 242 cm³/mol. The van der Waals surface area contributed by atoms with Crippen LogP contribution in [-0.2, 0) is 17.6 Å². The second kappa shape index (κ2) is 30.1. The van der Waals surface area contributed by atoms with Crippen LogP contribution in [0.1, 0.15) is 155 Å². The Bertz CT molecular complexity index is 1350. The maximum absolute atomic E-state index is 12.9. The summed E-state index contributed by atoms with van der Waals surface area (Å²) in [4.78, 5) is 18.1. The molecular weight excluding hydrogens is 667 g/mol. The van der Waals surface area contributed by atoms with Gasteiger partial charge >= 0.3 is 0 Å². The normalized spacial score (nSPS) is 12.5. The van der Waals surface area contributed by atoms with Crippen molar-refractivity contribution in [2.75, 3.05) is 6.54 Å². The molecule has 0 aliphatic rings. The molecule has 5 heteroatoms. The van der Waals surface area contributed by atoms with Crippen LogP contribution in [0.3, 0.4) is 0 Å². The summed E-state index contributed by atoms with van der Waals surface area (Å²) in [6, 6.07) is 17.5. The molecule has 0 saturated heterocycles. The van der Waals surface area contributed by atoms with E-state index in [2.05, 4.69) is 131 Å². The molecule has 0 aromatic heterocycles. The van der Waals surface area contributed by atoms with E-state index in [-0.39, 0.29) is 17.4 Å². The molecule has 0 fully saturated rings. The Balaban J connectivity index is 0.00000513. The van der Waals surface area contributed by atoms with Gasteiger partial charge in [0.2, 0.25) is 5.91 Å². The van der Waals surface area contributed by atoms with Crippen molar-refractivity contribution in [3.8, 4) is 0 Å². The maximum Gasteiger partial charge on any atom is 0.220 e. The van der Waals surface area contributed by atoms with Crippen LogP contribution < -0.4 is 10.6 Å². The van der Waals surface area contributed by atoms with Gasteiger partial charge in [0.05, 0.1) is 6.04 Å². The molecule has 0 aliphatic carbocycles. The number of benzene rings is 2. The minimum Gasteiger partial charge on any atom is -0.387 e. The Morgan fingerprint density at radius 3 is 1.75 bits per heavy atom. The van der Waals surface area contributed by atoms with Crippen molar-refractivity contribution in [1.29, 1.82) is 0 Å². The number of unbranched alkanes of at least 4 members (excludes halogenated alkanes) is 7. The summed E-state index contributed by atoms with van der Waals surface area (Å²) in [6.07, 6.45) is 19.7. The lowest BCUT2D eigenvalue weighted by Crippen LogP contribution is -2.48. The van der Waals surface area contributed by atoms with Gasteiger partial charge in [-0.1, -0.05) is 148 Å². The van der Waals surface area contributed by atoms with Gasteiger partial charge in [0.1, 0.15) is 0 Å². The van der Waals surface area contributed by atoms with Gasteiger partial charge in [0.25, 0.3) is 0 Å². The number of allylic oxidation sites excluding steroid dienone is 2. The highest BCUT2D eigenvalue weighted by Crippen LogP contribution is 2.27. The number of rotatable bonds is 23. The zero-order chi connectivity index (χ0) is 40.1. The molecule has 2 atom stereocenters. The molecule has 0 heterocycles. The average molecular weight is 744 g/mol. The first-order valence-electron chi connectivity index (χ1n) is 20.4. The van der Waals surface area contributed by atoms with E-state index in [1.165, 1.54) is 47.9 Å². The second-order valence-electron chi connectivity index (χ2n) is 14.8. The highest BCUT2D eigenvalue weighted by atomic mass is 32.1. The Hall–Kier alpha value is -3.31. The molecular formula is C48H77N3OS. The van der Waals surface area contributed by atoms with Crippen LogP contribution in [0, 0.1) is 11.3 Å².